The lowest BCUT2D eigenvalue weighted by atomic mass is 10.1. The van der Waals surface area contributed by atoms with Crippen LogP contribution < -0.4 is 0 Å². The largest absolute Gasteiger partial charge is 0.381 e. The molecule has 3 heteroatoms. The van der Waals surface area contributed by atoms with Crippen LogP contribution in [-0.4, -0.2) is 51.0 Å². The Labute approximate surface area is 125 Å². The molecule has 3 nitrogen and oxygen atoms in total. The van der Waals surface area contributed by atoms with E-state index in [9.17, 15) is 0 Å². The van der Waals surface area contributed by atoms with Gasteiger partial charge in [0.2, 0.25) is 0 Å². The van der Waals surface area contributed by atoms with Crippen molar-refractivity contribution in [2.45, 2.75) is 51.9 Å². The summed E-state index contributed by atoms with van der Waals surface area (Å²) in [5.74, 6) is 0. The van der Waals surface area contributed by atoms with Crippen LogP contribution in [0.25, 0.3) is 0 Å². The second-order valence-electron chi connectivity index (χ2n) is 5.73. The van der Waals surface area contributed by atoms with E-state index in [1.165, 1.54) is 44.2 Å². The van der Waals surface area contributed by atoms with Crippen LogP contribution in [0, 0.1) is 0 Å². The van der Waals surface area contributed by atoms with E-state index in [1.807, 2.05) is 0 Å². The van der Waals surface area contributed by atoms with Crippen LogP contribution in [0.4, 0.5) is 0 Å². The lowest BCUT2D eigenvalue weighted by molar-refractivity contribution is 0.0371. The Morgan fingerprint density at radius 1 is 1.05 bits per heavy atom. The van der Waals surface area contributed by atoms with Gasteiger partial charge in [-0.05, 0) is 38.6 Å². The number of nitrogens with zero attached hydrogens (tertiary/aromatic N) is 1. The molecule has 0 aliphatic carbocycles. The van der Waals surface area contributed by atoms with Crippen LogP contribution in [0.15, 0.2) is 12.2 Å². The van der Waals surface area contributed by atoms with Gasteiger partial charge in [0, 0.05) is 19.7 Å². The Morgan fingerprint density at radius 2 is 1.80 bits per heavy atom. The smallest absolute Gasteiger partial charge is 0.0594 e. The minimum Gasteiger partial charge on any atom is -0.381 e. The summed E-state index contributed by atoms with van der Waals surface area (Å²) in [5.41, 5.74) is 1.36. The first-order valence-corrected chi connectivity index (χ1v) is 8.37. The molecule has 1 fully saturated rings. The Kier molecular flexibility index (Phi) is 10.9. The summed E-state index contributed by atoms with van der Waals surface area (Å²) >= 11 is 0. The van der Waals surface area contributed by atoms with Gasteiger partial charge in [-0.1, -0.05) is 31.9 Å². The van der Waals surface area contributed by atoms with Crippen LogP contribution in [0.2, 0.25) is 0 Å². The minimum absolute atomic E-state index is 0.851. The van der Waals surface area contributed by atoms with Gasteiger partial charge >= 0.3 is 0 Å². The highest BCUT2D eigenvalue weighted by Gasteiger charge is 2.08. The van der Waals surface area contributed by atoms with Gasteiger partial charge in [-0.15, -0.1) is 0 Å². The topological polar surface area (TPSA) is 21.7 Å². The van der Waals surface area contributed by atoms with Crippen LogP contribution >= 0.6 is 0 Å². The van der Waals surface area contributed by atoms with Gasteiger partial charge in [0.05, 0.1) is 19.8 Å². The first kappa shape index (κ1) is 17.7. The molecule has 1 rings (SSSR count). The quantitative estimate of drug-likeness (QED) is 0.403. The normalized spacial score (nSPS) is 16.4. The first-order chi connectivity index (χ1) is 9.83. The van der Waals surface area contributed by atoms with E-state index in [1.54, 1.807) is 0 Å². The van der Waals surface area contributed by atoms with Crippen molar-refractivity contribution in [3.8, 4) is 0 Å². The van der Waals surface area contributed by atoms with Gasteiger partial charge in [-0.25, -0.2) is 0 Å². The predicted octanol–water partition coefficient (Wildman–Crippen LogP) is 3.64. The van der Waals surface area contributed by atoms with Crippen molar-refractivity contribution in [3.63, 3.8) is 0 Å². The number of rotatable bonds is 12. The zero-order valence-electron chi connectivity index (χ0n) is 13.4. The summed E-state index contributed by atoms with van der Waals surface area (Å²) in [6.45, 7) is 13.3. The molecule has 0 unspecified atom stereocenters. The summed E-state index contributed by atoms with van der Waals surface area (Å²) in [5, 5.41) is 0. The van der Waals surface area contributed by atoms with Gasteiger partial charge in [0.15, 0.2) is 0 Å². The molecule has 0 saturated carbocycles. The molecule has 1 saturated heterocycles. The fraction of sp³-hybridized carbons (Fsp3) is 0.882. The zero-order valence-corrected chi connectivity index (χ0v) is 13.4. The van der Waals surface area contributed by atoms with E-state index in [-0.39, 0.29) is 0 Å². The molecule has 0 aromatic rings. The van der Waals surface area contributed by atoms with Crippen molar-refractivity contribution in [1.82, 2.24) is 4.90 Å². The molecule has 0 N–H and O–H groups in total. The fourth-order valence-electron chi connectivity index (χ4n) is 2.48. The van der Waals surface area contributed by atoms with Crippen LogP contribution in [0.5, 0.6) is 0 Å². The molecular weight excluding hydrogens is 250 g/mol. The molecule has 20 heavy (non-hydrogen) atoms. The van der Waals surface area contributed by atoms with E-state index >= 15 is 0 Å². The summed E-state index contributed by atoms with van der Waals surface area (Å²) in [4.78, 5) is 2.52. The maximum Gasteiger partial charge on any atom is 0.0594 e. The van der Waals surface area contributed by atoms with Crippen LogP contribution in [0.3, 0.4) is 0 Å². The third kappa shape index (κ3) is 9.51. The van der Waals surface area contributed by atoms with E-state index in [4.69, 9.17) is 9.47 Å². The minimum atomic E-state index is 0.851. The highest BCUT2D eigenvalue weighted by atomic mass is 16.5. The van der Waals surface area contributed by atoms with Gasteiger partial charge in [-0.3, -0.25) is 4.90 Å². The predicted molar refractivity (Wildman–Crippen MR) is 85.2 cm³/mol. The van der Waals surface area contributed by atoms with Crippen molar-refractivity contribution in [2.24, 2.45) is 0 Å². The van der Waals surface area contributed by atoms with E-state index in [0.717, 1.165) is 52.4 Å². The number of morpholine rings is 1. The highest BCUT2D eigenvalue weighted by molar-refractivity contribution is 4.93. The number of unbranched alkanes of at least 4 members (excludes halogenated alkanes) is 3. The van der Waals surface area contributed by atoms with Crippen molar-refractivity contribution in [1.29, 1.82) is 0 Å². The van der Waals surface area contributed by atoms with Crippen molar-refractivity contribution in [2.75, 3.05) is 46.1 Å². The van der Waals surface area contributed by atoms with Crippen molar-refractivity contribution in [3.05, 3.63) is 12.2 Å². The Balaban J connectivity index is 1.82. The number of ether oxygens (including phenoxy) is 2. The van der Waals surface area contributed by atoms with E-state index in [2.05, 4.69) is 18.4 Å². The highest BCUT2D eigenvalue weighted by Crippen LogP contribution is 2.12. The molecule has 0 aromatic heterocycles. The summed E-state index contributed by atoms with van der Waals surface area (Å²) < 4.78 is 10.8. The molecule has 118 valence electrons. The summed E-state index contributed by atoms with van der Waals surface area (Å²) in [6, 6.07) is 0. The second kappa shape index (κ2) is 12.4. The molecule has 0 spiro atoms. The lowest BCUT2D eigenvalue weighted by Gasteiger charge is -2.26. The zero-order chi connectivity index (χ0) is 14.5. The molecule has 0 amide bonds. The third-order valence-corrected chi connectivity index (χ3v) is 3.81. The third-order valence-electron chi connectivity index (χ3n) is 3.81. The maximum atomic E-state index is 5.49. The molecule has 0 radical (unpaired) electrons. The molecular formula is C17H33NO2. The monoisotopic (exact) mass is 283 g/mol. The standard InChI is InChI=1S/C17H33NO2/c1-3-13-19-14-9-17(2)8-6-4-5-7-10-18-11-15-20-16-12-18/h2-16H2,1H3. The second-order valence-corrected chi connectivity index (χ2v) is 5.73. The first-order valence-electron chi connectivity index (χ1n) is 8.37. The number of hydrogen-bond donors (Lipinski definition) is 0. The summed E-state index contributed by atoms with van der Waals surface area (Å²) in [6.07, 6.45) is 8.61. The van der Waals surface area contributed by atoms with Gasteiger partial charge in [0.25, 0.3) is 0 Å². The van der Waals surface area contributed by atoms with Gasteiger partial charge < -0.3 is 9.47 Å². The maximum absolute atomic E-state index is 5.49. The molecule has 0 bridgehead atoms. The Morgan fingerprint density at radius 3 is 2.55 bits per heavy atom. The molecule has 1 heterocycles. The summed E-state index contributed by atoms with van der Waals surface area (Å²) in [7, 11) is 0. The van der Waals surface area contributed by atoms with E-state index in [0.29, 0.717) is 0 Å². The SMILES string of the molecule is C=C(CCCCCCN1CCOCC1)CCOCCC. The van der Waals surface area contributed by atoms with Crippen LogP contribution in [0.1, 0.15) is 51.9 Å². The number of hydrogen-bond acceptors (Lipinski definition) is 3. The molecule has 1 aliphatic rings. The lowest BCUT2D eigenvalue weighted by Crippen LogP contribution is -2.36. The molecule has 0 atom stereocenters. The average molecular weight is 283 g/mol. The Bertz CT molecular complexity index is 237. The molecule has 1 aliphatic heterocycles. The van der Waals surface area contributed by atoms with Crippen LogP contribution in [-0.2, 0) is 9.47 Å². The molecule has 0 aromatic carbocycles. The average Bonchev–Trinajstić information content (AvgIpc) is 2.48. The van der Waals surface area contributed by atoms with Gasteiger partial charge in [-0.2, -0.15) is 0 Å². The van der Waals surface area contributed by atoms with Crippen molar-refractivity contribution >= 4 is 0 Å². The fourth-order valence-corrected chi connectivity index (χ4v) is 2.48. The Hall–Kier alpha value is -0.380. The van der Waals surface area contributed by atoms with Gasteiger partial charge in [0.1, 0.15) is 0 Å². The van der Waals surface area contributed by atoms with Crippen molar-refractivity contribution < 1.29 is 9.47 Å². The van der Waals surface area contributed by atoms with E-state index < -0.39 is 0 Å².